The fourth-order valence-corrected chi connectivity index (χ4v) is 3.16. The molecule has 3 heteroatoms. The van der Waals surface area contributed by atoms with E-state index in [9.17, 15) is 0 Å². The van der Waals surface area contributed by atoms with Gasteiger partial charge < -0.3 is 5.73 Å². The number of piperidine rings is 1. The summed E-state index contributed by atoms with van der Waals surface area (Å²) >= 11 is 0. The van der Waals surface area contributed by atoms with Crippen LogP contribution in [0.1, 0.15) is 40.0 Å². The Balaban J connectivity index is 1.95. The molecule has 2 aliphatic heterocycles. The molecule has 2 saturated heterocycles. The maximum atomic E-state index is 6.14. The SMILES string of the molecule is CC1CN2CCCCC2CN1CC(C)(C)N. The molecule has 94 valence electrons. The number of hydrogen-bond donors (Lipinski definition) is 1. The third-order valence-corrected chi connectivity index (χ3v) is 3.93. The molecule has 0 bridgehead atoms. The Morgan fingerprint density at radius 1 is 1.25 bits per heavy atom. The van der Waals surface area contributed by atoms with E-state index < -0.39 is 0 Å². The zero-order chi connectivity index (χ0) is 11.8. The number of nitrogens with zero attached hydrogens (tertiary/aromatic N) is 2. The topological polar surface area (TPSA) is 32.5 Å². The second-order valence-corrected chi connectivity index (χ2v) is 6.41. The van der Waals surface area contributed by atoms with E-state index in [0.717, 1.165) is 12.6 Å². The van der Waals surface area contributed by atoms with Gasteiger partial charge in [0.05, 0.1) is 0 Å². The zero-order valence-electron chi connectivity index (χ0n) is 11.1. The highest BCUT2D eigenvalue weighted by atomic mass is 15.3. The summed E-state index contributed by atoms with van der Waals surface area (Å²) in [7, 11) is 0. The molecule has 2 atom stereocenters. The monoisotopic (exact) mass is 225 g/mol. The van der Waals surface area contributed by atoms with E-state index in [1.165, 1.54) is 38.9 Å². The lowest BCUT2D eigenvalue weighted by atomic mass is 9.95. The molecule has 0 aromatic rings. The molecule has 3 nitrogen and oxygen atoms in total. The molecule has 0 aliphatic carbocycles. The smallest absolute Gasteiger partial charge is 0.0226 e. The minimum atomic E-state index is -0.0644. The molecule has 0 saturated carbocycles. The van der Waals surface area contributed by atoms with Gasteiger partial charge in [-0.05, 0) is 40.2 Å². The average molecular weight is 225 g/mol. The Hall–Kier alpha value is -0.120. The molecule has 0 spiro atoms. The molecule has 2 heterocycles. The van der Waals surface area contributed by atoms with Gasteiger partial charge in [-0.15, -0.1) is 0 Å². The van der Waals surface area contributed by atoms with E-state index >= 15 is 0 Å². The molecule has 2 unspecified atom stereocenters. The molecule has 0 radical (unpaired) electrons. The van der Waals surface area contributed by atoms with Crippen LogP contribution in [0.4, 0.5) is 0 Å². The van der Waals surface area contributed by atoms with Crippen molar-refractivity contribution >= 4 is 0 Å². The normalized spacial score (nSPS) is 33.8. The summed E-state index contributed by atoms with van der Waals surface area (Å²) < 4.78 is 0. The number of nitrogens with two attached hydrogens (primary N) is 1. The summed E-state index contributed by atoms with van der Waals surface area (Å²) in [5.41, 5.74) is 6.08. The van der Waals surface area contributed by atoms with E-state index in [2.05, 4.69) is 30.6 Å². The van der Waals surface area contributed by atoms with Gasteiger partial charge in [-0.25, -0.2) is 0 Å². The fourth-order valence-electron chi connectivity index (χ4n) is 3.16. The highest BCUT2D eigenvalue weighted by Crippen LogP contribution is 2.24. The number of piperazine rings is 1. The second-order valence-electron chi connectivity index (χ2n) is 6.41. The standard InChI is InChI=1S/C13H27N3/c1-11-8-15-7-5-4-6-12(15)9-16(11)10-13(2,3)14/h11-12H,4-10,14H2,1-3H3. The summed E-state index contributed by atoms with van der Waals surface area (Å²) in [6, 6.07) is 1.46. The van der Waals surface area contributed by atoms with E-state index in [1.807, 2.05) is 0 Å². The maximum Gasteiger partial charge on any atom is 0.0226 e. The summed E-state index contributed by atoms with van der Waals surface area (Å²) in [5, 5.41) is 0. The molecule has 2 N–H and O–H groups in total. The van der Waals surface area contributed by atoms with Gasteiger partial charge in [0.25, 0.3) is 0 Å². The van der Waals surface area contributed by atoms with Crippen molar-refractivity contribution in [3.8, 4) is 0 Å². The van der Waals surface area contributed by atoms with Gasteiger partial charge in [-0.3, -0.25) is 9.80 Å². The Labute approximate surface area is 100.0 Å². The zero-order valence-corrected chi connectivity index (χ0v) is 11.1. The lowest BCUT2D eigenvalue weighted by molar-refractivity contribution is 0.00731. The molecular formula is C13H27N3. The summed E-state index contributed by atoms with van der Waals surface area (Å²) in [6.45, 7) is 11.4. The Morgan fingerprint density at radius 2 is 2.00 bits per heavy atom. The van der Waals surface area contributed by atoms with Gasteiger partial charge in [0.1, 0.15) is 0 Å². The molecule has 0 amide bonds. The van der Waals surface area contributed by atoms with Crippen molar-refractivity contribution in [2.75, 3.05) is 26.2 Å². The Bertz CT molecular complexity index is 234. The summed E-state index contributed by atoms with van der Waals surface area (Å²) in [6.07, 6.45) is 4.19. The summed E-state index contributed by atoms with van der Waals surface area (Å²) in [4.78, 5) is 5.28. The number of rotatable bonds is 2. The molecule has 2 aliphatic rings. The minimum Gasteiger partial charge on any atom is -0.324 e. The predicted molar refractivity (Wildman–Crippen MR) is 68.5 cm³/mol. The van der Waals surface area contributed by atoms with Crippen LogP contribution in [0.15, 0.2) is 0 Å². The number of hydrogen-bond acceptors (Lipinski definition) is 3. The van der Waals surface area contributed by atoms with Crippen molar-refractivity contribution in [3.05, 3.63) is 0 Å². The van der Waals surface area contributed by atoms with Crippen molar-refractivity contribution in [2.24, 2.45) is 5.73 Å². The van der Waals surface area contributed by atoms with Gasteiger partial charge in [0.2, 0.25) is 0 Å². The highest BCUT2D eigenvalue weighted by molar-refractivity contribution is 4.91. The summed E-state index contributed by atoms with van der Waals surface area (Å²) in [5.74, 6) is 0. The largest absolute Gasteiger partial charge is 0.324 e. The molecule has 2 rings (SSSR count). The van der Waals surface area contributed by atoms with Crippen LogP contribution in [-0.4, -0.2) is 53.6 Å². The van der Waals surface area contributed by atoms with E-state index in [1.54, 1.807) is 0 Å². The van der Waals surface area contributed by atoms with Crippen molar-refractivity contribution in [1.29, 1.82) is 0 Å². The maximum absolute atomic E-state index is 6.14. The average Bonchev–Trinajstić information content (AvgIpc) is 2.17. The fraction of sp³-hybridized carbons (Fsp3) is 1.00. The molecule has 0 aromatic carbocycles. The van der Waals surface area contributed by atoms with Gasteiger partial charge >= 0.3 is 0 Å². The third-order valence-electron chi connectivity index (χ3n) is 3.93. The van der Waals surface area contributed by atoms with E-state index in [0.29, 0.717) is 6.04 Å². The Morgan fingerprint density at radius 3 is 2.69 bits per heavy atom. The first-order valence-electron chi connectivity index (χ1n) is 6.73. The van der Waals surface area contributed by atoms with Crippen LogP contribution in [0.3, 0.4) is 0 Å². The van der Waals surface area contributed by atoms with Crippen molar-refractivity contribution in [3.63, 3.8) is 0 Å². The van der Waals surface area contributed by atoms with Crippen LogP contribution < -0.4 is 5.73 Å². The van der Waals surface area contributed by atoms with Crippen LogP contribution in [0.5, 0.6) is 0 Å². The van der Waals surface area contributed by atoms with Crippen LogP contribution >= 0.6 is 0 Å². The molecule has 0 aromatic heterocycles. The first-order chi connectivity index (χ1) is 7.46. The van der Waals surface area contributed by atoms with Crippen molar-refractivity contribution in [1.82, 2.24) is 9.80 Å². The minimum absolute atomic E-state index is 0.0644. The van der Waals surface area contributed by atoms with Crippen molar-refractivity contribution in [2.45, 2.75) is 57.7 Å². The quantitative estimate of drug-likeness (QED) is 0.768. The molecule has 16 heavy (non-hydrogen) atoms. The van der Waals surface area contributed by atoms with E-state index in [-0.39, 0.29) is 5.54 Å². The first-order valence-corrected chi connectivity index (χ1v) is 6.73. The number of fused-ring (bicyclic) bond motifs is 1. The lowest BCUT2D eigenvalue weighted by Gasteiger charge is -2.49. The Kier molecular flexibility index (Phi) is 3.57. The molecule has 2 fully saturated rings. The van der Waals surface area contributed by atoms with E-state index in [4.69, 9.17) is 5.73 Å². The van der Waals surface area contributed by atoms with Crippen molar-refractivity contribution < 1.29 is 0 Å². The predicted octanol–water partition coefficient (Wildman–Crippen LogP) is 1.28. The van der Waals surface area contributed by atoms with Crippen LogP contribution in [0, 0.1) is 0 Å². The van der Waals surface area contributed by atoms with Gasteiger partial charge in [0.15, 0.2) is 0 Å². The highest BCUT2D eigenvalue weighted by Gasteiger charge is 2.34. The molecular weight excluding hydrogens is 198 g/mol. The van der Waals surface area contributed by atoms with Gasteiger partial charge in [-0.2, -0.15) is 0 Å². The first kappa shape index (κ1) is 12.3. The van der Waals surface area contributed by atoms with Crippen LogP contribution in [0.25, 0.3) is 0 Å². The second kappa shape index (κ2) is 4.63. The van der Waals surface area contributed by atoms with Gasteiger partial charge in [0, 0.05) is 37.3 Å². The van der Waals surface area contributed by atoms with Gasteiger partial charge in [-0.1, -0.05) is 6.42 Å². The third kappa shape index (κ3) is 2.96. The van der Waals surface area contributed by atoms with Crippen LogP contribution in [0.2, 0.25) is 0 Å². The lowest BCUT2D eigenvalue weighted by Crippen LogP contribution is -2.61. The van der Waals surface area contributed by atoms with Crippen LogP contribution in [-0.2, 0) is 0 Å².